The molecule has 4 nitrogen and oxygen atoms in total. The summed E-state index contributed by atoms with van der Waals surface area (Å²) in [7, 11) is -3.49. The third-order valence-electron chi connectivity index (χ3n) is 1.97. The molecule has 0 aliphatic heterocycles. The maximum Gasteiger partial charge on any atom is 0.241 e. The number of sulfonamides is 1. The Kier molecular flexibility index (Phi) is 5.16. The van der Waals surface area contributed by atoms with Gasteiger partial charge in [-0.3, -0.25) is 0 Å². The molecular formula is C12H15NO3S. The van der Waals surface area contributed by atoms with E-state index < -0.39 is 10.0 Å². The van der Waals surface area contributed by atoms with Gasteiger partial charge in [-0.15, -0.1) is 0 Å². The monoisotopic (exact) mass is 253 g/mol. The highest BCUT2D eigenvalue weighted by atomic mass is 32.2. The lowest BCUT2D eigenvalue weighted by atomic mass is 10.2. The minimum atomic E-state index is -3.49. The van der Waals surface area contributed by atoms with Crippen LogP contribution in [0.4, 0.5) is 0 Å². The largest absolute Gasteiger partial charge is 0.395 e. The van der Waals surface area contributed by atoms with Crippen LogP contribution in [-0.4, -0.2) is 26.7 Å². The number of aliphatic hydroxyl groups is 1. The summed E-state index contributed by atoms with van der Waals surface area (Å²) in [5, 5.41) is 8.62. The molecule has 1 rings (SSSR count). The first-order valence-corrected chi connectivity index (χ1v) is 6.78. The molecule has 0 bridgehead atoms. The molecule has 0 radical (unpaired) electrons. The summed E-state index contributed by atoms with van der Waals surface area (Å²) in [5.74, 6) is 5.46. The Morgan fingerprint density at radius 2 is 2.06 bits per heavy atom. The molecule has 0 saturated heterocycles. The van der Waals surface area contributed by atoms with Gasteiger partial charge in [0.15, 0.2) is 0 Å². The van der Waals surface area contributed by atoms with Crippen molar-refractivity contribution in [2.24, 2.45) is 0 Å². The molecule has 0 fully saturated rings. The minimum absolute atomic E-state index is 0.0326. The zero-order valence-corrected chi connectivity index (χ0v) is 10.4. The first kappa shape index (κ1) is 13.7. The topological polar surface area (TPSA) is 66.4 Å². The lowest BCUT2D eigenvalue weighted by Crippen LogP contribution is -2.23. The van der Waals surface area contributed by atoms with Gasteiger partial charge < -0.3 is 5.11 Å². The van der Waals surface area contributed by atoms with Gasteiger partial charge in [-0.1, -0.05) is 30.9 Å². The molecule has 0 aromatic heterocycles. The van der Waals surface area contributed by atoms with E-state index in [9.17, 15) is 8.42 Å². The Morgan fingerprint density at radius 3 is 2.71 bits per heavy atom. The second-order valence-electron chi connectivity index (χ2n) is 3.27. The van der Waals surface area contributed by atoms with Crippen LogP contribution in [-0.2, 0) is 10.0 Å². The van der Waals surface area contributed by atoms with Gasteiger partial charge in [-0.2, -0.15) is 0 Å². The van der Waals surface area contributed by atoms with E-state index in [1.54, 1.807) is 25.1 Å². The lowest BCUT2D eigenvalue weighted by Gasteiger charge is -2.06. The zero-order valence-electron chi connectivity index (χ0n) is 9.60. The van der Waals surface area contributed by atoms with Crippen LogP contribution in [0.3, 0.4) is 0 Å². The number of benzene rings is 1. The maximum atomic E-state index is 11.9. The van der Waals surface area contributed by atoms with E-state index in [2.05, 4.69) is 16.6 Å². The van der Waals surface area contributed by atoms with Crippen molar-refractivity contribution in [1.82, 2.24) is 4.72 Å². The Bertz CT molecular complexity index is 526. The minimum Gasteiger partial charge on any atom is -0.395 e. The van der Waals surface area contributed by atoms with Gasteiger partial charge in [-0.05, 0) is 12.1 Å². The van der Waals surface area contributed by atoms with Gasteiger partial charge in [0.2, 0.25) is 10.0 Å². The van der Waals surface area contributed by atoms with Gasteiger partial charge in [0.1, 0.15) is 0 Å². The fourth-order valence-electron chi connectivity index (χ4n) is 1.29. The molecule has 0 heterocycles. The smallest absolute Gasteiger partial charge is 0.241 e. The molecule has 0 saturated carbocycles. The molecule has 17 heavy (non-hydrogen) atoms. The van der Waals surface area contributed by atoms with Crippen molar-refractivity contribution in [2.75, 3.05) is 13.2 Å². The average Bonchev–Trinajstić information content (AvgIpc) is 2.30. The summed E-state index contributed by atoms with van der Waals surface area (Å²) in [4.78, 5) is 0.173. The van der Waals surface area contributed by atoms with Gasteiger partial charge in [-0.25, -0.2) is 13.1 Å². The predicted molar refractivity (Wildman–Crippen MR) is 65.9 cm³/mol. The summed E-state index contributed by atoms with van der Waals surface area (Å²) < 4.78 is 26.1. The first-order valence-electron chi connectivity index (χ1n) is 5.30. The van der Waals surface area contributed by atoms with Crippen molar-refractivity contribution in [3.05, 3.63) is 29.8 Å². The molecule has 0 unspecified atom stereocenters. The fraction of sp³-hybridized carbons (Fsp3) is 0.333. The molecule has 0 amide bonds. The van der Waals surface area contributed by atoms with Crippen LogP contribution >= 0.6 is 0 Å². The molecule has 2 N–H and O–H groups in total. The SMILES string of the molecule is CCNS(=O)(=O)c1ccccc1C#CCCO. The van der Waals surface area contributed by atoms with Crippen LogP contribution in [0.25, 0.3) is 0 Å². The highest BCUT2D eigenvalue weighted by Crippen LogP contribution is 2.13. The van der Waals surface area contributed by atoms with E-state index >= 15 is 0 Å². The first-order chi connectivity index (χ1) is 8.11. The summed E-state index contributed by atoms with van der Waals surface area (Å²) in [6.45, 7) is 2.02. The number of aliphatic hydroxyl groups excluding tert-OH is 1. The van der Waals surface area contributed by atoms with E-state index in [0.717, 1.165) is 0 Å². The zero-order chi connectivity index (χ0) is 12.7. The van der Waals surface area contributed by atoms with Crippen LogP contribution in [0.15, 0.2) is 29.2 Å². The van der Waals surface area contributed by atoms with Crippen LogP contribution in [0.2, 0.25) is 0 Å². The van der Waals surface area contributed by atoms with E-state index in [0.29, 0.717) is 18.5 Å². The third-order valence-corrected chi connectivity index (χ3v) is 3.57. The summed E-state index contributed by atoms with van der Waals surface area (Å²) in [6.07, 6.45) is 0.329. The lowest BCUT2D eigenvalue weighted by molar-refractivity contribution is 0.305. The molecular weight excluding hydrogens is 238 g/mol. The summed E-state index contributed by atoms with van der Waals surface area (Å²) in [6, 6.07) is 6.55. The van der Waals surface area contributed by atoms with Crippen LogP contribution in [0, 0.1) is 11.8 Å². The van der Waals surface area contributed by atoms with Crippen molar-refractivity contribution >= 4 is 10.0 Å². The van der Waals surface area contributed by atoms with Crippen LogP contribution in [0.5, 0.6) is 0 Å². The predicted octanol–water partition coefficient (Wildman–Crippen LogP) is 0.719. The third kappa shape index (κ3) is 3.86. The summed E-state index contributed by atoms with van der Waals surface area (Å²) >= 11 is 0. The number of hydrogen-bond donors (Lipinski definition) is 2. The average molecular weight is 253 g/mol. The van der Waals surface area contributed by atoms with Crippen molar-refractivity contribution in [3.8, 4) is 11.8 Å². The Labute approximate surface area is 102 Å². The van der Waals surface area contributed by atoms with Crippen molar-refractivity contribution < 1.29 is 13.5 Å². The Morgan fingerprint density at radius 1 is 1.35 bits per heavy atom. The van der Waals surface area contributed by atoms with E-state index in [4.69, 9.17) is 5.11 Å². The quantitative estimate of drug-likeness (QED) is 0.777. The molecule has 1 aromatic rings. The Hall–Kier alpha value is -1.35. The molecule has 5 heteroatoms. The van der Waals surface area contributed by atoms with Crippen LogP contribution < -0.4 is 4.72 Å². The number of hydrogen-bond acceptors (Lipinski definition) is 3. The van der Waals surface area contributed by atoms with E-state index in [-0.39, 0.29) is 11.5 Å². The van der Waals surface area contributed by atoms with Gasteiger partial charge in [0, 0.05) is 18.5 Å². The second-order valence-corrected chi connectivity index (χ2v) is 5.01. The molecule has 0 aliphatic rings. The number of nitrogens with one attached hydrogen (secondary N) is 1. The second kappa shape index (κ2) is 6.40. The van der Waals surface area contributed by atoms with Gasteiger partial charge in [0.05, 0.1) is 11.5 Å². The molecule has 0 aliphatic carbocycles. The van der Waals surface area contributed by atoms with Gasteiger partial charge in [0.25, 0.3) is 0 Å². The van der Waals surface area contributed by atoms with Crippen molar-refractivity contribution in [2.45, 2.75) is 18.2 Å². The van der Waals surface area contributed by atoms with E-state index in [1.807, 2.05) is 0 Å². The molecule has 0 spiro atoms. The van der Waals surface area contributed by atoms with Crippen molar-refractivity contribution in [3.63, 3.8) is 0 Å². The molecule has 1 aromatic carbocycles. The standard InChI is InChI=1S/C12H15NO3S/c1-2-13-17(15,16)12-9-4-3-7-11(12)8-5-6-10-14/h3-4,7,9,13-14H,2,6,10H2,1H3. The van der Waals surface area contributed by atoms with Gasteiger partial charge >= 0.3 is 0 Å². The fourth-order valence-corrected chi connectivity index (χ4v) is 2.49. The van der Waals surface area contributed by atoms with Crippen molar-refractivity contribution in [1.29, 1.82) is 0 Å². The highest BCUT2D eigenvalue weighted by molar-refractivity contribution is 7.89. The Balaban J connectivity index is 3.14. The molecule has 92 valence electrons. The summed E-state index contributed by atoms with van der Waals surface area (Å²) in [5.41, 5.74) is 0.446. The number of rotatable bonds is 4. The highest BCUT2D eigenvalue weighted by Gasteiger charge is 2.15. The normalized spacial score (nSPS) is 10.7. The maximum absolute atomic E-state index is 11.9. The van der Waals surface area contributed by atoms with E-state index in [1.165, 1.54) is 6.07 Å². The van der Waals surface area contributed by atoms with Crippen LogP contribution in [0.1, 0.15) is 18.9 Å². The molecule has 0 atom stereocenters.